The van der Waals surface area contributed by atoms with Crippen LogP contribution in [0.1, 0.15) is 5.69 Å². The summed E-state index contributed by atoms with van der Waals surface area (Å²) in [5.41, 5.74) is 4.11. The molecule has 0 saturated heterocycles. The van der Waals surface area contributed by atoms with E-state index in [1.54, 1.807) is 18.5 Å². The van der Waals surface area contributed by atoms with Crippen LogP contribution in [-0.2, 0) is 0 Å². The zero-order chi connectivity index (χ0) is 16.8. The quantitative estimate of drug-likeness (QED) is 0.565. The number of rotatable bonds is 2. The Morgan fingerprint density at radius 3 is 2.71 bits per heavy atom. The summed E-state index contributed by atoms with van der Waals surface area (Å²) >= 11 is 6.30. The third kappa shape index (κ3) is 2.20. The van der Waals surface area contributed by atoms with E-state index < -0.39 is 5.82 Å². The zero-order valence-electron chi connectivity index (χ0n) is 13.0. The number of fused-ring (bicyclic) bond motifs is 3. The van der Waals surface area contributed by atoms with E-state index in [0.717, 1.165) is 33.1 Å². The molecule has 0 spiro atoms. The number of benzene rings is 1. The van der Waals surface area contributed by atoms with E-state index in [1.807, 2.05) is 19.1 Å². The molecule has 1 aromatic carbocycles. The second-order valence-electron chi connectivity index (χ2n) is 5.53. The lowest BCUT2D eigenvalue weighted by Gasteiger charge is -2.07. The highest BCUT2D eigenvalue weighted by Crippen LogP contribution is 2.36. The van der Waals surface area contributed by atoms with Crippen LogP contribution >= 0.6 is 11.6 Å². The normalized spacial score (nSPS) is 11.3. The van der Waals surface area contributed by atoms with Crippen molar-refractivity contribution in [2.75, 3.05) is 7.11 Å². The zero-order valence-corrected chi connectivity index (χ0v) is 13.8. The van der Waals surface area contributed by atoms with Crippen LogP contribution < -0.4 is 4.74 Å². The number of nitrogens with one attached hydrogen (secondary N) is 1. The molecule has 24 heavy (non-hydrogen) atoms. The molecule has 1 N–H and O–H groups in total. The van der Waals surface area contributed by atoms with E-state index in [9.17, 15) is 4.39 Å². The van der Waals surface area contributed by atoms with Crippen molar-refractivity contribution in [3.63, 3.8) is 0 Å². The van der Waals surface area contributed by atoms with Crippen molar-refractivity contribution in [2.24, 2.45) is 0 Å². The molecule has 0 unspecified atom stereocenters. The maximum Gasteiger partial charge on any atom is 0.250 e. The summed E-state index contributed by atoms with van der Waals surface area (Å²) in [7, 11) is 1.39. The van der Waals surface area contributed by atoms with E-state index in [2.05, 4.69) is 15.0 Å². The van der Waals surface area contributed by atoms with Gasteiger partial charge in [-0.3, -0.25) is 4.98 Å². The van der Waals surface area contributed by atoms with Crippen molar-refractivity contribution in [1.82, 2.24) is 15.0 Å². The number of hydrogen-bond acceptors (Lipinski definition) is 3. The van der Waals surface area contributed by atoms with Crippen LogP contribution in [0.2, 0.25) is 5.02 Å². The topological polar surface area (TPSA) is 50.8 Å². The van der Waals surface area contributed by atoms with Gasteiger partial charge in [0.05, 0.1) is 23.8 Å². The van der Waals surface area contributed by atoms with Gasteiger partial charge in [-0.15, -0.1) is 0 Å². The first-order valence-electron chi connectivity index (χ1n) is 7.35. The van der Waals surface area contributed by atoms with Gasteiger partial charge < -0.3 is 9.72 Å². The van der Waals surface area contributed by atoms with Gasteiger partial charge in [0.25, 0.3) is 0 Å². The summed E-state index contributed by atoms with van der Waals surface area (Å²) in [6, 6.07) is 7.03. The number of ether oxygens (including phenoxy) is 1. The van der Waals surface area contributed by atoms with Gasteiger partial charge in [-0.25, -0.2) is 9.37 Å². The van der Waals surface area contributed by atoms with Gasteiger partial charge in [-0.2, -0.15) is 0 Å². The number of hydrogen-bond donors (Lipinski definition) is 1. The second kappa shape index (κ2) is 5.46. The fourth-order valence-electron chi connectivity index (χ4n) is 2.98. The van der Waals surface area contributed by atoms with Crippen LogP contribution in [0.4, 0.5) is 4.39 Å². The van der Waals surface area contributed by atoms with Crippen LogP contribution in [0, 0.1) is 12.7 Å². The van der Waals surface area contributed by atoms with E-state index in [1.165, 1.54) is 13.2 Å². The Hall–Kier alpha value is -2.66. The Kier molecular flexibility index (Phi) is 3.39. The summed E-state index contributed by atoms with van der Waals surface area (Å²) in [6.07, 6.45) is 3.34. The van der Waals surface area contributed by atoms with Crippen LogP contribution in [0.15, 0.2) is 36.7 Å². The van der Waals surface area contributed by atoms with Crippen LogP contribution in [0.25, 0.3) is 32.9 Å². The first-order valence-corrected chi connectivity index (χ1v) is 7.72. The van der Waals surface area contributed by atoms with Crippen molar-refractivity contribution in [3.8, 4) is 17.0 Å². The Labute approximate surface area is 142 Å². The number of aromatic amines is 1. The molecule has 4 rings (SSSR count). The summed E-state index contributed by atoms with van der Waals surface area (Å²) in [5.74, 6) is -0.550. The predicted octanol–water partition coefficient (Wildman–Crippen LogP) is 4.89. The Morgan fingerprint density at radius 2 is 1.96 bits per heavy atom. The van der Waals surface area contributed by atoms with Gasteiger partial charge >= 0.3 is 0 Å². The molecule has 6 heteroatoms. The minimum Gasteiger partial charge on any atom is -0.479 e. The highest BCUT2D eigenvalue weighted by Gasteiger charge is 2.15. The molecule has 0 aliphatic rings. The van der Waals surface area contributed by atoms with Crippen LogP contribution in [0.5, 0.6) is 5.88 Å². The molecule has 0 atom stereocenters. The molecular weight excluding hydrogens is 329 g/mol. The Bertz CT molecular complexity index is 1090. The maximum absolute atomic E-state index is 14.1. The average molecular weight is 342 g/mol. The molecular formula is C18H13ClFN3O. The van der Waals surface area contributed by atoms with E-state index in [0.29, 0.717) is 10.6 Å². The molecule has 4 nitrogen and oxygen atoms in total. The van der Waals surface area contributed by atoms with Crippen molar-refractivity contribution in [2.45, 2.75) is 6.92 Å². The first-order chi connectivity index (χ1) is 11.6. The number of methoxy groups -OCH3 is 1. The summed E-state index contributed by atoms with van der Waals surface area (Å²) in [4.78, 5) is 11.7. The second-order valence-corrected chi connectivity index (χ2v) is 5.97. The van der Waals surface area contributed by atoms with Crippen molar-refractivity contribution in [3.05, 3.63) is 53.2 Å². The van der Waals surface area contributed by atoms with Gasteiger partial charge in [0.1, 0.15) is 0 Å². The monoisotopic (exact) mass is 341 g/mol. The van der Waals surface area contributed by atoms with Gasteiger partial charge in [-0.05, 0) is 31.2 Å². The molecule has 0 bridgehead atoms. The SMILES string of the molecule is COc1ncc(-c2cc(Cl)cc3c2[nH]c2c(C)nccc23)cc1F. The van der Waals surface area contributed by atoms with Gasteiger partial charge in [0, 0.05) is 39.3 Å². The van der Waals surface area contributed by atoms with Crippen molar-refractivity contribution in [1.29, 1.82) is 0 Å². The van der Waals surface area contributed by atoms with Gasteiger partial charge in [-0.1, -0.05) is 11.6 Å². The van der Waals surface area contributed by atoms with E-state index in [4.69, 9.17) is 16.3 Å². The lowest BCUT2D eigenvalue weighted by molar-refractivity contribution is 0.369. The third-order valence-corrected chi connectivity index (χ3v) is 4.31. The number of halogens is 2. The molecule has 0 radical (unpaired) electrons. The van der Waals surface area contributed by atoms with Crippen LogP contribution in [-0.4, -0.2) is 22.1 Å². The molecule has 4 aromatic rings. The fraction of sp³-hybridized carbons (Fsp3) is 0.111. The minimum absolute atomic E-state index is 0.0336. The fourth-order valence-corrected chi connectivity index (χ4v) is 3.20. The van der Waals surface area contributed by atoms with Gasteiger partial charge in [0.2, 0.25) is 5.88 Å². The molecule has 3 heterocycles. The molecule has 120 valence electrons. The van der Waals surface area contributed by atoms with E-state index >= 15 is 0 Å². The number of aryl methyl sites for hydroxylation is 1. The highest BCUT2D eigenvalue weighted by atomic mass is 35.5. The molecule has 0 aliphatic heterocycles. The van der Waals surface area contributed by atoms with Crippen molar-refractivity contribution >= 4 is 33.4 Å². The smallest absolute Gasteiger partial charge is 0.250 e. The summed E-state index contributed by atoms with van der Waals surface area (Å²) < 4.78 is 18.9. The average Bonchev–Trinajstić information content (AvgIpc) is 2.94. The summed E-state index contributed by atoms with van der Waals surface area (Å²) in [6.45, 7) is 1.94. The molecule has 0 fully saturated rings. The standard InChI is InChI=1S/C18H13ClFN3O/c1-9-16-12(3-4-21-9)14-7-11(19)6-13(17(14)23-16)10-5-15(20)18(24-2)22-8-10/h3-8,23H,1-2H3. The maximum atomic E-state index is 14.1. The summed E-state index contributed by atoms with van der Waals surface area (Å²) in [5, 5.41) is 2.57. The van der Waals surface area contributed by atoms with E-state index in [-0.39, 0.29) is 5.88 Å². The number of aromatic nitrogens is 3. The first kappa shape index (κ1) is 14.9. The number of H-pyrrole nitrogens is 1. The third-order valence-electron chi connectivity index (χ3n) is 4.10. The largest absolute Gasteiger partial charge is 0.479 e. The highest BCUT2D eigenvalue weighted by molar-refractivity contribution is 6.32. The van der Waals surface area contributed by atoms with Gasteiger partial charge in [0.15, 0.2) is 5.82 Å². The molecule has 0 aliphatic carbocycles. The lowest BCUT2D eigenvalue weighted by Crippen LogP contribution is -1.93. The lowest BCUT2D eigenvalue weighted by atomic mass is 10.0. The van der Waals surface area contributed by atoms with Crippen LogP contribution in [0.3, 0.4) is 0 Å². The predicted molar refractivity (Wildman–Crippen MR) is 93.1 cm³/mol. The molecule has 0 amide bonds. The Morgan fingerprint density at radius 1 is 1.12 bits per heavy atom. The minimum atomic E-state index is -0.517. The molecule has 3 aromatic heterocycles. The number of nitrogens with zero attached hydrogens (tertiary/aromatic N) is 2. The number of pyridine rings is 2. The molecule has 0 saturated carbocycles. The Balaban J connectivity index is 2.07. The van der Waals surface area contributed by atoms with Crippen molar-refractivity contribution < 1.29 is 9.13 Å².